The van der Waals surface area contributed by atoms with Crippen molar-refractivity contribution >= 4 is 0 Å². The zero-order valence-corrected chi connectivity index (χ0v) is 16.4. The molecule has 5 rings (SSSR count). The number of fused-ring (bicyclic) bond motifs is 1. The highest BCUT2D eigenvalue weighted by Crippen LogP contribution is 2.29. The quantitative estimate of drug-likeness (QED) is 0.698. The van der Waals surface area contributed by atoms with Crippen molar-refractivity contribution in [2.45, 2.75) is 57.5 Å². The van der Waals surface area contributed by atoms with Gasteiger partial charge in [-0.05, 0) is 50.9 Å². The third-order valence-electron chi connectivity index (χ3n) is 6.15. The molecular weight excluding hydrogens is 348 g/mol. The predicted octanol–water partition coefficient (Wildman–Crippen LogP) is 3.57. The summed E-state index contributed by atoms with van der Waals surface area (Å²) in [5, 5.41) is 13.6. The van der Waals surface area contributed by atoms with Crippen LogP contribution in [0.4, 0.5) is 0 Å². The fraction of sp³-hybridized carbons (Fsp3) is 0.500. The minimum absolute atomic E-state index is 0.558. The van der Waals surface area contributed by atoms with Crippen LogP contribution in [0.25, 0.3) is 5.69 Å². The number of rotatable bonds is 4. The monoisotopic (exact) mass is 376 g/mol. The van der Waals surface area contributed by atoms with Crippen LogP contribution in [0.5, 0.6) is 0 Å². The molecule has 146 valence electrons. The lowest BCUT2D eigenvalue weighted by atomic mass is 9.95. The van der Waals surface area contributed by atoms with Crippen LogP contribution in [0.2, 0.25) is 0 Å². The van der Waals surface area contributed by atoms with Crippen molar-refractivity contribution in [3.8, 4) is 5.69 Å². The molecule has 0 N–H and O–H groups in total. The zero-order valence-electron chi connectivity index (χ0n) is 16.4. The van der Waals surface area contributed by atoms with Crippen molar-refractivity contribution < 1.29 is 0 Å². The summed E-state index contributed by atoms with van der Waals surface area (Å²) in [4.78, 5) is 2.54. The largest absolute Gasteiger partial charge is 0.315 e. The molecule has 6 nitrogen and oxygen atoms in total. The van der Waals surface area contributed by atoms with Gasteiger partial charge in [-0.25, -0.2) is 4.68 Å². The van der Waals surface area contributed by atoms with Crippen molar-refractivity contribution in [1.82, 2.24) is 29.4 Å². The average molecular weight is 377 g/mol. The van der Waals surface area contributed by atoms with E-state index in [1.807, 2.05) is 29.1 Å². The van der Waals surface area contributed by atoms with Crippen LogP contribution in [-0.4, -0.2) is 42.5 Å². The van der Waals surface area contributed by atoms with Crippen LogP contribution in [0.15, 0.2) is 42.7 Å². The molecule has 4 heterocycles. The van der Waals surface area contributed by atoms with Crippen molar-refractivity contribution in [1.29, 1.82) is 0 Å². The summed E-state index contributed by atoms with van der Waals surface area (Å²) in [6, 6.07) is 10.3. The van der Waals surface area contributed by atoms with Crippen molar-refractivity contribution in [3.63, 3.8) is 0 Å². The molecule has 28 heavy (non-hydrogen) atoms. The van der Waals surface area contributed by atoms with E-state index >= 15 is 0 Å². The third kappa shape index (κ3) is 3.61. The molecular formula is C22H28N6. The van der Waals surface area contributed by atoms with Crippen LogP contribution in [-0.2, 0) is 19.5 Å². The fourth-order valence-electron chi connectivity index (χ4n) is 4.58. The van der Waals surface area contributed by atoms with Gasteiger partial charge in [0.25, 0.3) is 0 Å². The Balaban J connectivity index is 1.20. The lowest BCUT2D eigenvalue weighted by molar-refractivity contribution is 0.200. The number of aryl methyl sites for hydroxylation is 1. The van der Waals surface area contributed by atoms with Gasteiger partial charge in [-0.1, -0.05) is 24.6 Å². The van der Waals surface area contributed by atoms with E-state index in [2.05, 4.69) is 43.1 Å². The molecule has 0 saturated carbocycles. The number of piperidine rings is 1. The molecule has 1 fully saturated rings. The summed E-state index contributed by atoms with van der Waals surface area (Å²) in [6.07, 6.45) is 11.4. The normalized spacial score (nSPS) is 18.7. The number of nitrogens with zero attached hydrogens (tertiary/aromatic N) is 6. The molecule has 0 aliphatic carbocycles. The maximum atomic E-state index is 4.59. The van der Waals surface area contributed by atoms with Crippen LogP contribution in [0, 0.1) is 0 Å². The lowest BCUT2D eigenvalue weighted by Crippen LogP contribution is -2.33. The molecule has 0 bridgehead atoms. The Hall–Kier alpha value is -2.47. The van der Waals surface area contributed by atoms with E-state index in [9.17, 15) is 0 Å². The molecule has 2 aliphatic heterocycles. The van der Waals surface area contributed by atoms with Gasteiger partial charge in [0.2, 0.25) is 0 Å². The lowest BCUT2D eigenvalue weighted by Gasteiger charge is -2.31. The minimum Gasteiger partial charge on any atom is -0.315 e. The predicted molar refractivity (Wildman–Crippen MR) is 108 cm³/mol. The summed E-state index contributed by atoms with van der Waals surface area (Å²) in [7, 11) is 0. The molecule has 6 heteroatoms. The molecule has 2 aromatic heterocycles. The average Bonchev–Trinajstić information content (AvgIpc) is 3.30. The summed E-state index contributed by atoms with van der Waals surface area (Å²) >= 11 is 0. The number of hydrogen-bond acceptors (Lipinski definition) is 4. The van der Waals surface area contributed by atoms with Crippen molar-refractivity contribution in [2.75, 3.05) is 13.1 Å². The van der Waals surface area contributed by atoms with Crippen LogP contribution >= 0.6 is 0 Å². The van der Waals surface area contributed by atoms with Gasteiger partial charge in [-0.2, -0.15) is 5.10 Å². The third-order valence-corrected chi connectivity index (χ3v) is 6.15. The van der Waals surface area contributed by atoms with E-state index in [-0.39, 0.29) is 0 Å². The second-order valence-electron chi connectivity index (χ2n) is 8.12. The first-order chi connectivity index (χ1) is 13.9. The minimum atomic E-state index is 0.558. The second kappa shape index (κ2) is 7.87. The number of likely N-dealkylation sites (tertiary alicyclic amines) is 1. The maximum absolute atomic E-state index is 4.59. The van der Waals surface area contributed by atoms with Gasteiger partial charge in [-0.15, -0.1) is 10.2 Å². The number of benzene rings is 1. The van der Waals surface area contributed by atoms with E-state index < -0.39 is 0 Å². The number of aromatic nitrogens is 5. The summed E-state index contributed by atoms with van der Waals surface area (Å²) in [5.41, 5.74) is 2.39. The highest BCUT2D eigenvalue weighted by atomic mass is 15.3. The molecule has 0 radical (unpaired) electrons. The Kier molecular flexibility index (Phi) is 4.95. The van der Waals surface area contributed by atoms with Crippen LogP contribution in [0.3, 0.4) is 0 Å². The van der Waals surface area contributed by atoms with Gasteiger partial charge in [0.05, 0.1) is 11.9 Å². The topological polar surface area (TPSA) is 51.8 Å². The first-order valence-electron chi connectivity index (χ1n) is 10.6. The van der Waals surface area contributed by atoms with E-state index in [1.165, 1.54) is 49.3 Å². The molecule has 0 amide bonds. The molecule has 1 saturated heterocycles. The summed E-state index contributed by atoms with van der Waals surface area (Å²) in [5.74, 6) is 3.01. The molecule has 0 spiro atoms. The van der Waals surface area contributed by atoms with Gasteiger partial charge in [0.15, 0.2) is 0 Å². The highest BCUT2D eigenvalue weighted by Gasteiger charge is 2.26. The molecule has 2 aliphatic rings. The van der Waals surface area contributed by atoms with Gasteiger partial charge >= 0.3 is 0 Å². The number of para-hydroxylation sites is 1. The fourth-order valence-corrected chi connectivity index (χ4v) is 4.58. The van der Waals surface area contributed by atoms with Gasteiger partial charge in [0, 0.05) is 37.2 Å². The first-order valence-corrected chi connectivity index (χ1v) is 10.6. The van der Waals surface area contributed by atoms with Gasteiger partial charge < -0.3 is 4.57 Å². The van der Waals surface area contributed by atoms with Gasteiger partial charge in [-0.3, -0.25) is 4.90 Å². The van der Waals surface area contributed by atoms with E-state index in [0.717, 1.165) is 38.3 Å². The van der Waals surface area contributed by atoms with Crippen LogP contribution < -0.4 is 0 Å². The van der Waals surface area contributed by atoms with E-state index in [4.69, 9.17) is 0 Å². The molecule has 0 unspecified atom stereocenters. The zero-order chi connectivity index (χ0) is 18.8. The Morgan fingerprint density at radius 1 is 0.929 bits per heavy atom. The maximum Gasteiger partial charge on any atom is 0.136 e. The molecule has 1 aromatic carbocycles. The Labute approximate surface area is 166 Å². The van der Waals surface area contributed by atoms with Crippen LogP contribution in [0.1, 0.15) is 55.2 Å². The second-order valence-corrected chi connectivity index (χ2v) is 8.12. The standard InChI is InChI=1S/C22H28N6/c1-3-7-20(8-4-1)28-17-18(15-23-28)16-26-13-10-19(11-14-26)22-25-24-21-9-5-2-6-12-27(21)22/h1,3-4,7-8,15,17,19H,2,5-6,9-14,16H2. The van der Waals surface area contributed by atoms with E-state index in [1.54, 1.807) is 0 Å². The van der Waals surface area contributed by atoms with E-state index in [0.29, 0.717) is 5.92 Å². The smallest absolute Gasteiger partial charge is 0.136 e. The highest BCUT2D eigenvalue weighted by molar-refractivity contribution is 5.30. The van der Waals surface area contributed by atoms with Crippen molar-refractivity contribution in [2.24, 2.45) is 0 Å². The Bertz CT molecular complexity index is 904. The summed E-state index contributed by atoms with van der Waals surface area (Å²) < 4.78 is 4.39. The van der Waals surface area contributed by atoms with Crippen molar-refractivity contribution in [3.05, 3.63) is 59.9 Å². The Morgan fingerprint density at radius 2 is 1.79 bits per heavy atom. The summed E-state index contributed by atoms with van der Waals surface area (Å²) in [6.45, 7) is 4.31. The Morgan fingerprint density at radius 3 is 2.64 bits per heavy atom. The molecule has 3 aromatic rings. The SMILES string of the molecule is c1ccc(-n2cc(CN3CCC(c4nnc5n4CCCCC5)CC3)cn2)cc1. The van der Waals surface area contributed by atoms with Gasteiger partial charge in [0.1, 0.15) is 11.6 Å². The first kappa shape index (κ1) is 17.6. The molecule has 0 atom stereocenters. The number of hydrogen-bond donors (Lipinski definition) is 0.